The lowest BCUT2D eigenvalue weighted by Crippen LogP contribution is -2.29. The normalized spacial score (nSPS) is 19.6. The molecule has 0 spiro atoms. The van der Waals surface area contributed by atoms with Gasteiger partial charge in [0.15, 0.2) is 10.8 Å². The fourth-order valence-electron chi connectivity index (χ4n) is 4.54. The van der Waals surface area contributed by atoms with Crippen molar-refractivity contribution >= 4 is 50.6 Å². The van der Waals surface area contributed by atoms with Gasteiger partial charge in [-0.05, 0) is 43.6 Å². The van der Waals surface area contributed by atoms with Gasteiger partial charge >= 0.3 is 0 Å². The molecule has 6 rings (SSSR count). The SMILES string of the molecule is CC1CCc2sc3c(c2C1)c1ncnn1c1nnc(SCC(=O)N2CCCC2)n31. The predicted molar refractivity (Wildman–Crippen MR) is 113 cm³/mol. The van der Waals surface area contributed by atoms with Crippen molar-refractivity contribution in [1.82, 2.24) is 34.1 Å². The van der Waals surface area contributed by atoms with Gasteiger partial charge in [0.05, 0.1) is 11.1 Å². The fourth-order valence-corrected chi connectivity index (χ4v) is 6.78. The number of hydrogen-bond acceptors (Lipinski definition) is 7. The van der Waals surface area contributed by atoms with E-state index in [4.69, 9.17) is 0 Å². The van der Waals surface area contributed by atoms with E-state index in [9.17, 15) is 4.79 Å². The van der Waals surface area contributed by atoms with Crippen LogP contribution in [0.15, 0.2) is 11.5 Å². The van der Waals surface area contributed by atoms with Crippen molar-refractivity contribution in [2.24, 2.45) is 5.92 Å². The van der Waals surface area contributed by atoms with Crippen LogP contribution in [0.2, 0.25) is 0 Å². The number of likely N-dealkylation sites (tertiary alicyclic amines) is 1. The van der Waals surface area contributed by atoms with Crippen LogP contribution < -0.4 is 0 Å². The Bertz CT molecular complexity index is 1250. The van der Waals surface area contributed by atoms with Gasteiger partial charge in [-0.2, -0.15) is 9.61 Å². The molecule has 1 saturated heterocycles. The van der Waals surface area contributed by atoms with Crippen LogP contribution in [0.25, 0.3) is 21.6 Å². The highest BCUT2D eigenvalue weighted by Crippen LogP contribution is 2.40. The van der Waals surface area contributed by atoms with Crippen LogP contribution in [0.4, 0.5) is 0 Å². The molecule has 1 atom stereocenters. The zero-order valence-corrected chi connectivity index (χ0v) is 17.8. The van der Waals surface area contributed by atoms with Crippen LogP contribution in [0.1, 0.15) is 36.6 Å². The first-order valence-corrected chi connectivity index (χ1v) is 11.9. The molecule has 1 fully saturated rings. The molecule has 0 aromatic carbocycles. The molecule has 0 radical (unpaired) electrons. The number of thiophene rings is 1. The Kier molecular flexibility index (Phi) is 4.05. The summed E-state index contributed by atoms with van der Waals surface area (Å²) < 4.78 is 3.86. The number of aromatic nitrogens is 6. The van der Waals surface area contributed by atoms with Gasteiger partial charge < -0.3 is 4.90 Å². The Morgan fingerprint density at radius 1 is 1.31 bits per heavy atom. The van der Waals surface area contributed by atoms with Gasteiger partial charge in [-0.15, -0.1) is 21.5 Å². The Morgan fingerprint density at radius 2 is 2.17 bits per heavy atom. The summed E-state index contributed by atoms with van der Waals surface area (Å²) in [5.41, 5.74) is 2.26. The van der Waals surface area contributed by atoms with E-state index >= 15 is 0 Å². The molecule has 1 aliphatic heterocycles. The third kappa shape index (κ3) is 2.68. The van der Waals surface area contributed by atoms with Gasteiger partial charge in [-0.3, -0.25) is 4.79 Å². The average molecular weight is 428 g/mol. The second-order valence-corrected chi connectivity index (χ2v) is 10.0. The number of aryl methyl sites for hydroxylation is 1. The molecule has 8 nitrogen and oxygen atoms in total. The van der Waals surface area contributed by atoms with Gasteiger partial charge in [-0.1, -0.05) is 18.7 Å². The molecule has 4 aromatic rings. The molecule has 0 bridgehead atoms. The number of rotatable bonds is 3. The lowest BCUT2D eigenvalue weighted by Gasteiger charge is -2.17. The van der Waals surface area contributed by atoms with E-state index in [1.807, 2.05) is 16.2 Å². The molecular weight excluding hydrogens is 406 g/mol. The smallest absolute Gasteiger partial charge is 0.260 e. The highest BCUT2D eigenvalue weighted by atomic mass is 32.2. The van der Waals surface area contributed by atoms with Crippen molar-refractivity contribution in [3.63, 3.8) is 0 Å². The summed E-state index contributed by atoms with van der Waals surface area (Å²) in [6.45, 7) is 4.06. The van der Waals surface area contributed by atoms with Gasteiger partial charge in [0.1, 0.15) is 11.2 Å². The summed E-state index contributed by atoms with van der Waals surface area (Å²) in [6, 6.07) is 0. The lowest BCUT2D eigenvalue weighted by atomic mass is 9.89. The minimum Gasteiger partial charge on any atom is -0.342 e. The van der Waals surface area contributed by atoms with Crippen molar-refractivity contribution in [1.29, 1.82) is 0 Å². The monoisotopic (exact) mass is 427 g/mol. The molecular formula is C19H21N7OS2. The maximum Gasteiger partial charge on any atom is 0.260 e. The van der Waals surface area contributed by atoms with E-state index in [0.29, 0.717) is 17.4 Å². The molecule has 5 heterocycles. The number of amides is 1. The molecule has 1 amide bonds. The maximum absolute atomic E-state index is 12.5. The zero-order valence-electron chi connectivity index (χ0n) is 16.2. The van der Waals surface area contributed by atoms with E-state index in [-0.39, 0.29) is 5.91 Å². The molecule has 2 aliphatic rings. The Morgan fingerprint density at radius 3 is 3.03 bits per heavy atom. The summed E-state index contributed by atoms with van der Waals surface area (Å²) in [5.74, 6) is 1.90. The first-order valence-electron chi connectivity index (χ1n) is 10.1. The highest BCUT2D eigenvalue weighted by Gasteiger charge is 2.27. The van der Waals surface area contributed by atoms with Crippen molar-refractivity contribution in [2.75, 3.05) is 18.8 Å². The quantitative estimate of drug-likeness (QED) is 0.468. The van der Waals surface area contributed by atoms with E-state index in [0.717, 1.165) is 54.4 Å². The number of carbonyl (C=O) groups excluding carboxylic acids is 1. The minimum absolute atomic E-state index is 0.182. The molecule has 1 aliphatic carbocycles. The molecule has 0 N–H and O–H groups in total. The number of carbonyl (C=O) groups is 1. The predicted octanol–water partition coefficient (Wildman–Crippen LogP) is 2.83. The molecule has 1 unspecified atom stereocenters. The standard InChI is InChI=1S/C19H21N7OS2/c1-11-4-5-13-12(8-11)15-16-20-10-21-26(16)18-22-23-19(25(18)17(15)29-13)28-9-14(27)24-6-2-3-7-24/h10-11H,2-9H2,1H3. The largest absolute Gasteiger partial charge is 0.342 e. The number of thioether (sulfide) groups is 1. The second-order valence-electron chi connectivity index (χ2n) is 8.02. The van der Waals surface area contributed by atoms with Gasteiger partial charge in [0.2, 0.25) is 5.91 Å². The summed E-state index contributed by atoms with van der Waals surface area (Å²) in [4.78, 5) is 21.6. The van der Waals surface area contributed by atoms with Gasteiger partial charge in [0, 0.05) is 18.0 Å². The van der Waals surface area contributed by atoms with Crippen molar-refractivity contribution in [3.8, 4) is 0 Å². The third-order valence-electron chi connectivity index (χ3n) is 6.05. The van der Waals surface area contributed by atoms with E-state index < -0.39 is 0 Å². The Hall–Kier alpha value is -2.20. The second kappa shape index (κ2) is 6.66. The number of nitrogens with zero attached hydrogens (tertiary/aromatic N) is 7. The minimum atomic E-state index is 0.182. The van der Waals surface area contributed by atoms with Crippen molar-refractivity contribution in [3.05, 3.63) is 16.8 Å². The maximum atomic E-state index is 12.5. The summed E-state index contributed by atoms with van der Waals surface area (Å²) in [6.07, 6.45) is 7.20. The van der Waals surface area contributed by atoms with Crippen LogP contribution in [0.3, 0.4) is 0 Å². The molecule has 150 valence electrons. The molecule has 0 saturated carbocycles. The summed E-state index contributed by atoms with van der Waals surface area (Å²) in [5, 5.41) is 15.2. The Labute approximate surface area is 175 Å². The third-order valence-corrected chi connectivity index (χ3v) is 8.24. The Balaban J connectivity index is 1.49. The van der Waals surface area contributed by atoms with Crippen LogP contribution in [0.5, 0.6) is 0 Å². The van der Waals surface area contributed by atoms with Gasteiger partial charge in [-0.25, -0.2) is 9.38 Å². The first-order chi connectivity index (χ1) is 14.2. The van der Waals surface area contributed by atoms with Crippen molar-refractivity contribution < 1.29 is 4.79 Å². The van der Waals surface area contributed by atoms with Crippen LogP contribution in [-0.2, 0) is 17.6 Å². The number of hydrogen-bond donors (Lipinski definition) is 0. The fraction of sp³-hybridized carbons (Fsp3) is 0.526. The van der Waals surface area contributed by atoms with Crippen LogP contribution >= 0.6 is 23.1 Å². The molecule has 4 aromatic heterocycles. The average Bonchev–Trinajstić information content (AvgIpc) is 3.50. The summed E-state index contributed by atoms with van der Waals surface area (Å²) >= 11 is 3.29. The zero-order chi connectivity index (χ0) is 19.5. The van der Waals surface area contributed by atoms with Crippen molar-refractivity contribution in [2.45, 2.75) is 44.2 Å². The molecule has 29 heavy (non-hydrogen) atoms. The topological polar surface area (TPSA) is 80.7 Å². The number of fused-ring (bicyclic) bond motifs is 8. The van der Waals surface area contributed by atoms with E-state index in [1.54, 1.807) is 10.8 Å². The summed E-state index contributed by atoms with van der Waals surface area (Å²) in [7, 11) is 0. The highest BCUT2D eigenvalue weighted by molar-refractivity contribution is 7.99. The van der Waals surface area contributed by atoms with Crippen LogP contribution in [0, 0.1) is 5.92 Å². The lowest BCUT2D eigenvalue weighted by molar-refractivity contribution is -0.127. The van der Waals surface area contributed by atoms with Gasteiger partial charge in [0.25, 0.3) is 5.78 Å². The van der Waals surface area contributed by atoms with E-state index in [2.05, 4.69) is 31.6 Å². The molecule has 10 heteroatoms. The van der Waals surface area contributed by atoms with Crippen LogP contribution in [-0.4, -0.2) is 58.8 Å². The van der Waals surface area contributed by atoms with E-state index in [1.165, 1.54) is 34.0 Å². The first kappa shape index (κ1) is 17.6.